The molecule has 3 heterocycles. The molecule has 0 bridgehead atoms. The maximum Gasteiger partial charge on any atom is 0.490 e. The number of hydrogen-bond acceptors (Lipinski definition) is 5. The summed E-state index contributed by atoms with van der Waals surface area (Å²) in [4.78, 5) is 18.8. The van der Waals surface area contributed by atoms with Gasteiger partial charge in [0.15, 0.2) is 0 Å². The van der Waals surface area contributed by atoms with Crippen molar-refractivity contribution < 1.29 is 27.8 Å². The SMILES string of the molecule is Cc1ccc(CN2CCCn3cnc(COC(C)C)c3C2)s1.O=C(O)C(F)(F)F. The van der Waals surface area contributed by atoms with Gasteiger partial charge >= 0.3 is 12.1 Å². The lowest BCUT2D eigenvalue weighted by Crippen LogP contribution is -2.23. The highest BCUT2D eigenvalue weighted by molar-refractivity contribution is 7.11. The molecule has 29 heavy (non-hydrogen) atoms. The molecule has 3 rings (SSSR count). The van der Waals surface area contributed by atoms with E-state index in [1.54, 1.807) is 0 Å². The first-order chi connectivity index (χ1) is 13.6. The molecule has 1 aliphatic rings. The van der Waals surface area contributed by atoms with Gasteiger partial charge in [0.2, 0.25) is 0 Å². The number of fused-ring (bicyclic) bond motifs is 1. The van der Waals surface area contributed by atoms with E-state index >= 15 is 0 Å². The van der Waals surface area contributed by atoms with Gasteiger partial charge in [0.25, 0.3) is 0 Å². The van der Waals surface area contributed by atoms with E-state index < -0.39 is 12.1 Å². The molecule has 10 heteroatoms. The maximum absolute atomic E-state index is 10.6. The Balaban J connectivity index is 0.000000370. The van der Waals surface area contributed by atoms with Crippen LogP contribution >= 0.6 is 11.3 Å². The molecule has 2 aromatic rings. The van der Waals surface area contributed by atoms with Gasteiger partial charge < -0.3 is 14.4 Å². The normalized spacial score (nSPS) is 14.9. The van der Waals surface area contributed by atoms with Crippen molar-refractivity contribution in [2.24, 2.45) is 0 Å². The van der Waals surface area contributed by atoms with Crippen LogP contribution < -0.4 is 0 Å². The number of halogens is 3. The molecular weight excluding hydrogens is 407 g/mol. The lowest BCUT2D eigenvalue weighted by atomic mass is 10.3. The monoisotopic (exact) mass is 433 g/mol. The van der Waals surface area contributed by atoms with E-state index in [1.165, 1.54) is 21.9 Å². The number of hydrogen-bond donors (Lipinski definition) is 1. The fourth-order valence-electron chi connectivity index (χ4n) is 2.87. The second-order valence-electron chi connectivity index (χ2n) is 7.07. The zero-order chi connectivity index (χ0) is 21.6. The van der Waals surface area contributed by atoms with Crippen LogP contribution in [0.25, 0.3) is 0 Å². The highest BCUT2D eigenvalue weighted by Crippen LogP contribution is 2.22. The van der Waals surface area contributed by atoms with Crippen LogP contribution in [0, 0.1) is 6.92 Å². The van der Waals surface area contributed by atoms with Crippen LogP contribution in [0.5, 0.6) is 0 Å². The number of aromatic nitrogens is 2. The largest absolute Gasteiger partial charge is 0.490 e. The minimum Gasteiger partial charge on any atom is -0.475 e. The maximum atomic E-state index is 10.6. The first kappa shape index (κ1) is 23.4. The zero-order valence-corrected chi connectivity index (χ0v) is 17.5. The fraction of sp³-hybridized carbons (Fsp3) is 0.579. The summed E-state index contributed by atoms with van der Waals surface area (Å²) < 4.78 is 39.8. The van der Waals surface area contributed by atoms with Gasteiger partial charge in [-0.1, -0.05) is 0 Å². The van der Waals surface area contributed by atoms with E-state index in [4.69, 9.17) is 14.6 Å². The summed E-state index contributed by atoms with van der Waals surface area (Å²) in [5, 5.41) is 7.12. The van der Waals surface area contributed by atoms with Gasteiger partial charge in [-0.15, -0.1) is 11.3 Å². The van der Waals surface area contributed by atoms with Crippen molar-refractivity contribution in [1.29, 1.82) is 0 Å². The Kier molecular flexibility index (Phi) is 8.23. The molecule has 0 saturated heterocycles. The van der Waals surface area contributed by atoms with Crippen LogP contribution in [-0.2, 0) is 35.8 Å². The summed E-state index contributed by atoms with van der Waals surface area (Å²) in [6, 6.07) is 4.47. The van der Waals surface area contributed by atoms with E-state index in [-0.39, 0.29) is 6.10 Å². The average Bonchev–Trinajstić information content (AvgIpc) is 3.13. The molecule has 0 saturated carbocycles. The molecule has 2 aromatic heterocycles. The van der Waals surface area contributed by atoms with Crippen molar-refractivity contribution in [2.75, 3.05) is 6.54 Å². The molecule has 1 N–H and O–H groups in total. The van der Waals surface area contributed by atoms with E-state index in [1.807, 2.05) is 17.7 Å². The summed E-state index contributed by atoms with van der Waals surface area (Å²) in [5.74, 6) is -2.76. The number of nitrogens with zero attached hydrogens (tertiary/aromatic N) is 3. The van der Waals surface area contributed by atoms with Crippen LogP contribution in [0.2, 0.25) is 0 Å². The Morgan fingerprint density at radius 1 is 1.34 bits per heavy atom. The number of imidazole rings is 1. The summed E-state index contributed by atoms with van der Waals surface area (Å²) in [5.41, 5.74) is 2.43. The van der Waals surface area contributed by atoms with Crippen LogP contribution in [0.4, 0.5) is 13.2 Å². The van der Waals surface area contributed by atoms with Crippen molar-refractivity contribution in [2.45, 2.75) is 65.7 Å². The number of carbonyl (C=O) groups is 1. The topological polar surface area (TPSA) is 67.6 Å². The second kappa shape index (κ2) is 10.2. The molecule has 0 atom stereocenters. The predicted molar refractivity (Wildman–Crippen MR) is 104 cm³/mol. The Labute approximate surface area is 171 Å². The van der Waals surface area contributed by atoms with Gasteiger partial charge in [-0.3, -0.25) is 4.90 Å². The third-order valence-corrected chi connectivity index (χ3v) is 5.24. The summed E-state index contributed by atoms with van der Waals surface area (Å²) in [6.45, 7) is 11.1. The number of ether oxygens (including phenoxy) is 1. The van der Waals surface area contributed by atoms with Crippen molar-refractivity contribution in [3.8, 4) is 0 Å². The molecule has 1 aliphatic heterocycles. The number of thiophene rings is 1. The third kappa shape index (κ3) is 7.45. The van der Waals surface area contributed by atoms with Gasteiger partial charge in [-0.05, 0) is 39.3 Å². The average molecular weight is 433 g/mol. The minimum absolute atomic E-state index is 0.244. The fourth-order valence-corrected chi connectivity index (χ4v) is 3.80. The lowest BCUT2D eigenvalue weighted by molar-refractivity contribution is -0.192. The molecule has 0 spiro atoms. The van der Waals surface area contributed by atoms with Crippen LogP contribution in [0.15, 0.2) is 18.5 Å². The van der Waals surface area contributed by atoms with Crippen molar-refractivity contribution in [3.63, 3.8) is 0 Å². The molecule has 162 valence electrons. The quantitative estimate of drug-likeness (QED) is 0.765. The van der Waals surface area contributed by atoms with Gasteiger partial charge in [0.05, 0.1) is 30.4 Å². The number of carboxylic acids is 1. The molecule has 0 radical (unpaired) electrons. The Bertz CT molecular complexity index is 802. The standard InChI is InChI=1S/C17H25N3OS.C2HF3O2/c1-13(2)21-11-16-17-10-19(7-4-8-20(17)12-18-16)9-15-6-5-14(3)22-15;3-2(4,5)1(6)7/h5-6,12-13H,4,7-11H2,1-3H3;(H,6,7). The Morgan fingerprint density at radius 2 is 2.03 bits per heavy atom. The van der Waals surface area contributed by atoms with Crippen LogP contribution in [0.3, 0.4) is 0 Å². The molecule has 0 fully saturated rings. The van der Waals surface area contributed by atoms with Gasteiger partial charge in [0.1, 0.15) is 0 Å². The molecule has 0 aliphatic carbocycles. The van der Waals surface area contributed by atoms with Gasteiger partial charge in [0, 0.05) is 35.9 Å². The van der Waals surface area contributed by atoms with E-state index in [9.17, 15) is 13.2 Å². The zero-order valence-electron chi connectivity index (χ0n) is 16.7. The highest BCUT2D eigenvalue weighted by atomic mass is 32.1. The molecule has 0 aromatic carbocycles. The molecule has 6 nitrogen and oxygen atoms in total. The Morgan fingerprint density at radius 3 is 2.59 bits per heavy atom. The second-order valence-corrected chi connectivity index (χ2v) is 8.44. The van der Waals surface area contributed by atoms with Gasteiger partial charge in [-0.2, -0.15) is 13.2 Å². The summed E-state index contributed by atoms with van der Waals surface area (Å²) >= 11 is 1.90. The summed E-state index contributed by atoms with van der Waals surface area (Å²) in [6.07, 6.45) is -1.68. The number of rotatable bonds is 5. The third-order valence-electron chi connectivity index (χ3n) is 4.25. The van der Waals surface area contributed by atoms with Crippen molar-refractivity contribution >= 4 is 17.3 Å². The molecule has 0 amide bonds. The van der Waals surface area contributed by atoms with Crippen LogP contribution in [0.1, 0.15) is 41.4 Å². The van der Waals surface area contributed by atoms with Crippen molar-refractivity contribution in [3.05, 3.63) is 39.6 Å². The van der Waals surface area contributed by atoms with E-state index in [0.29, 0.717) is 6.61 Å². The minimum atomic E-state index is -5.08. The lowest BCUT2D eigenvalue weighted by Gasteiger charge is -2.19. The first-order valence-electron chi connectivity index (χ1n) is 9.28. The van der Waals surface area contributed by atoms with Crippen molar-refractivity contribution in [1.82, 2.24) is 14.5 Å². The van der Waals surface area contributed by atoms with E-state index in [2.05, 4.69) is 47.4 Å². The first-order valence-corrected chi connectivity index (χ1v) is 10.1. The number of alkyl halides is 3. The predicted octanol–water partition coefficient (Wildman–Crippen LogP) is 4.22. The van der Waals surface area contributed by atoms with E-state index in [0.717, 1.165) is 31.9 Å². The smallest absolute Gasteiger partial charge is 0.475 e. The number of carboxylic acid groups (broad SMARTS) is 1. The molecule has 0 unspecified atom stereocenters. The Hall–Kier alpha value is -1.91. The summed E-state index contributed by atoms with van der Waals surface area (Å²) in [7, 11) is 0. The number of aliphatic carboxylic acids is 1. The van der Waals surface area contributed by atoms with Crippen LogP contribution in [-0.4, -0.2) is 44.4 Å². The number of aryl methyl sites for hydroxylation is 2. The molecular formula is C19H26F3N3O3S. The van der Waals surface area contributed by atoms with Gasteiger partial charge in [-0.25, -0.2) is 9.78 Å². The highest BCUT2D eigenvalue weighted by Gasteiger charge is 2.38.